The Morgan fingerprint density at radius 2 is 2.00 bits per heavy atom. The largest absolute Gasteiger partial charge is 0.450 e. The third-order valence-electron chi connectivity index (χ3n) is 3.28. The molecule has 1 aliphatic rings. The molecule has 1 unspecified atom stereocenters. The number of rotatable bonds is 2. The summed E-state index contributed by atoms with van der Waals surface area (Å²) in [5.41, 5.74) is 2.77. The molecule has 1 N–H and O–H groups in total. The van der Waals surface area contributed by atoms with Gasteiger partial charge in [-0.2, -0.15) is 0 Å². The van der Waals surface area contributed by atoms with Gasteiger partial charge in [-0.3, -0.25) is 0 Å². The molecule has 1 aromatic carbocycles. The molecule has 0 aromatic heterocycles. The van der Waals surface area contributed by atoms with Crippen LogP contribution in [0.2, 0.25) is 12.6 Å². The first-order valence-corrected chi connectivity index (χ1v) is 5.70. The van der Waals surface area contributed by atoms with Crippen molar-refractivity contribution in [3.63, 3.8) is 0 Å². The van der Waals surface area contributed by atoms with Gasteiger partial charge in [0.05, 0.1) is 0 Å². The van der Waals surface area contributed by atoms with E-state index in [-0.39, 0.29) is 6.92 Å². The van der Waals surface area contributed by atoms with Crippen molar-refractivity contribution in [1.82, 2.24) is 0 Å². The number of hydrogen-bond donors (Lipinski definition) is 1. The number of allylic oxidation sites excluding steroid dienone is 2. The Kier molecular flexibility index (Phi) is 3.27. The second kappa shape index (κ2) is 4.67. The molecule has 0 saturated heterocycles. The van der Waals surface area contributed by atoms with E-state index in [0.717, 1.165) is 19.3 Å². The molecule has 0 spiro atoms. The average Bonchev–Trinajstić information content (AvgIpc) is 2.30. The summed E-state index contributed by atoms with van der Waals surface area (Å²) >= 11 is 0. The molecule has 0 aliphatic heterocycles. The van der Waals surface area contributed by atoms with E-state index in [1.54, 1.807) is 0 Å². The van der Waals surface area contributed by atoms with Crippen molar-refractivity contribution in [2.45, 2.75) is 31.9 Å². The lowest BCUT2D eigenvalue weighted by Gasteiger charge is -2.22. The van der Waals surface area contributed by atoms with Crippen LogP contribution in [0.3, 0.4) is 0 Å². The maximum Gasteiger partial charge on any atom is 0.289 e. The molecule has 1 aliphatic carbocycles. The number of hydrogen-bond acceptors (Lipinski definition) is 1. The fourth-order valence-electron chi connectivity index (χ4n) is 2.21. The fraction of sp³-hybridized carbons (Fsp3) is 0.385. The van der Waals surface area contributed by atoms with Crippen molar-refractivity contribution in [3.8, 4) is 0 Å². The van der Waals surface area contributed by atoms with Gasteiger partial charge in [0, 0.05) is 0 Å². The Bertz CT molecular complexity index is 343. The predicted molar refractivity (Wildman–Crippen MR) is 65.9 cm³/mol. The third kappa shape index (κ3) is 2.51. The summed E-state index contributed by atoms with van der Waals surface area (Å²) in [4.78, 5) is 0. The first kappa shape index (κ1) is 10.5. The van der Waals surface area contributed by atoms with E-state index in [9.17, 15) is 5.02 Å². The fourth-order valence-corrected chi connectivity index (χ4v) is 2.21. The molecule has 2 heteroatoms. The summed E-state index contributed by atoms with van der Waals surface area (Å²) in [5, 5.41) is 9.50. The van der Waals surface area contributed by atoms with Gasteiger partial charge in [0.2, 0.25) is 0 Å². The highest BCUT2D eigenvalue weighted by atomic mass is 16.2. The van der Waals surface area contributed by atoms with Crippen LogP contribution in [0.15, 0.2) is 36.4 Å². The van der Waals surface area contributed by atoms with Crippen LogP contribution >= 0.6 is 0 Å². The van der Waals surface area contributed by atoms with E-state index in [4.69, 9.17) is 0 Å². The molecular weight excluding hydrogens is 183 g/mol. The van der Waals surface area contributed by atoms with E-state index in [1.807, 2.05) is 12.9 Å². The Morgan fingerprint density at radius 3 is 2.53 bits per heavy atom. The van der Waals surface area contributed by atoms with Crippen molar-refractivity contribution < 1.29 is 5.02 Å². The van der Waals surface area contributed by atoms with Crippen LogP contribution in [-0.4, -0.2) is 11.9 Å². The molecule has 0 bridgehead atoms. The Balaban J connectivity index is 2.09. The molecule has 1 nitrogen and oxygen atoms in total. The molecule has 0 fully saturated rings. The van der Waals surface area contributed by atoms with Gasteiger partial charge in [0.25, 0.3) is 6.92 Å². The molecule has 2 rings (SSSR count). The van der Waals surface area contributed by atoms with Crippen LogP contribution < -0.4 is 0 Å². The molecule has 0 radical (unpaired) electrons. The lowest BCUT2D eigenvalue weighted by atomic mass is 9.54. The third-order valence-corrected chi connectivity index (χ3v) is 3.28. The SMILES string of the molecule is CB(O)C1CC=C(c2ccccc2)CC1. The minimum atomic E-state index is -0.168. The first-order valence-electron chi connectivity index (χ1n) is 5.70. The quantitative estimate of drug-likeness (QED) is 0.726. The molecular formula is C13H17BO. The summed E-state index contributed by atoms with van der Waals surface area (Å²) in [6.45, 7) is 1.73. The molecule has 0 heterocycles. The summed E-state index contributed by atoms with van der Waals surface area (Å²) in [6.07, 6.45) is 5.51. The van der Waals surface area contributed by atoms with Gasteiger partial charge in [-0.15, -0.1) is 0 Å². The molecule has 15 heavy (non-hydrogen) atoms. The Labute approximate surface area is 91.9 Å². The molecule has 0 saturated carbocycles. The summed E-state index contributed by atoms with van der Waals surface area (Å²) < 4.78 is 0. The summed E-state index contributed by atoms with van der Waals surface area (Å²) in [5.74, 6) is 0.456. The smallest absolute Gasteiger partial charge is 0.289 e. The zero-order chi connectivity index (χ0) is 10.7. The van der Waals surface area contributed by atoms with Gasteiger partial charge in [-0.25, -0.2) is 0 Å². The van der Waals surface area contributed by atoms with Crippen LogP contribution in [0.5, 0.6) is 0 Å². The minimum absolute atomic E-state index is 0.168. The standard InChI is InChI=1S/C13H17BO/c1-14(15)13-9-7-12(8-10-13)11-5-3-2-4-6-11/h2-7,13,15H,8-10H2,1H3. The average molecular weight is 200 g/mol. The topological polar surface area (TPSA) is 20.2 Å². The van der Waals surface area contributed by atoms with Gasteiger partial charge >= 0.3 is 0 Å². The van der Waals surface area contributed by atoms with Gasteiger partial charge < -0.3 is 5.02 Å². The maximum atomic E-state index is 9.50. The normalized spacial score (nSPS) is 20.9. The molecule has 0 amide bonds. The van der Waals surface area contributed by atoms with Gasteiger partial charge in [-0.05, 0) is 29.8 Å². The van der Waals surface area contributed by atoms with Crippen molar-refractivity contribution in [2.75, 3.05) is 0 Å². The lowest BCUT2D eigenvalue weighted by molar-refractivity contribution is 0.534. The van der Waals surface area contributed by atoms with Gasteiger partial charge in [0.15, 0.2) is 0 Å². The van der Waals surface area contributed by atoms with E-state index in [0.29, 0.717) is 5.82 Å². The monoisotopic (exact) mass is 200 g/mol. The Hall–Kier alpha value is -1.02. The summed E-state index contributed by atoms with van der Waals surface area (Å²) in [7, 11) is 0. The van der Waals surface area contributed by atoms with Gasteiger partial charge in [0.1, 0.15) is 0 Å². The van der Waals surface area contributed by atoms with E-state index in [1.165, 1.54) is 11.1 Å². The van der Waals surface area contributed by atoms with Crippen LogP contribution in [0.4, 0.5) is 0 Å². The highest BCUT2D eigenvalue weighted by Crippen LogP contribution is 2.34. The van der Waals surface area contributed by atoms with Crippen molar-refractivity contribution in [2.24, 2.45) is 0 Å². The van der Waals surface area contributed by atoms with Crippen LogP contribution in [0, 0.1) is 0 Å². The molecule has 78 valence electrons. The van der Waals surface area contributed by atoms with E-state index < -0.39 is 0 Å². The zero-order valence-electron chi connectivity index (χ0n) is 9.19. The lowest BCUT2D eigenvalue weighted by Crippen LogP contribution is -2.17. The zero-order valence-corrected chi connectivity index (χ0v) is 9.19. The van der Waals surface area contributed by atoms with E-state index in [2.05, 4.69) is 30.3 Å². The van der Waals surface area contributed by atoms with Crippen LogP contribution in [0.25, 0.3) is 5.57 Å². The maximum absolute atomic E-state index is 9.50. The van der Waals surface area contributed by atoms with Crippen molar-refractivity contribution in [1.29, 1.82) is 0 Å². The summed E-state index contributed by atoms with van der Waals surface area (Å²) in [6, 6.07) is 10.5. The van der Waals surface area contributed by atoms with Crippen molar-refractivity contribution >= 4 is 12.5 Å². The predicted octanol–water partition coefficient (Wildman–Crippen LogP) is 3.24. The first-order chi connectivity index (χ1) is 7.27. The van der Waals surface area contributed by atoms with Gasteiger partial charge in [-0.1, -0.05) is 49.7 Å². The second-order valence-electron chi connectivity index (χ2n) is 4.37. The Morgan fingerprint density at radius 1 is 1.27 bits per heavy atom. The van der Waals surface area contributed by atoms with E-state index >= 15 is 0 Å². The molecule has 1 aromatic rings. The van der Waals surface area contributed by atoms with Crippen LogP contribution in [0.1, 0.15) is 24.8 Å². The number of benzene rings is 1. The second-order valence-corrected chi connectivity index (χ2v) is 4.37. The minimum Gasteiger partial charge on any atom is -0.450 e. The molecule has 1 atom stereocenters. The van der Waals surface area contributed by atoms with Crippen molar-refractivity contribution in [3.05, 3.63) is 42.0 Å². The van der Waals surface area contributed by atoms with Crippen LogP contribution in [-0.2, 0) is 0 Å². The highest BCUT2D eigenvalue weighted by Gasteiger charge is 2.22. The highest BCUT2D eigenvalue weighted by molar-refractivity contribution is 6.50.